The van der Waals surface area contributed by atoms with Gasteiger partial charge in [0, 0.05) is 22.7 Å². The maximum absolute atomic E-state index is 9.16. The first-order valence-corrected chi connectivity index (χ1v) is 6.99. The summed E-state index contributed by atoms with van der Waals surface area (Å²) < 4.78 is 3.35. The van der Waals surface area contributed by atoms with Crippen molar-refractivity contribution < 1.29 is 5.11 Å². The largest absolute Gasteiger partial charge is 0.392 e. The Kier molecular flexibility index (Phi) is 3.40. The summed E-state index contributed by atoms with van der Waals surface area (Å²) in [5, 5.41) is 10.3. The summed E-state index contributed by atoms with van der Waals surface area (Å²) >= 11 is 3.58. The lowest BCUT2D eigenvalue weighted by Gasteiger charge is -2.08. The number of rotatable bonds is 3. The lowest BCUT2D eigenvalue weighted by molar-refractivity contribution is 0.282. The molecule has 0 spiro atoms. The van der Waals surface area contributed by atoms with Gasteiger partial charge in [-0.05, 0) is 40.8 Å². The van der Waals surface area contributed by atoms with Gasteiger partial charge in [0.05, 0.1) is 6.61 Å². The van der Waals surface area contributed by atoms with Crippen molar-refractivity contribution in [2.24, 2.45) is 0 Å². The molecule has 0 aliphatic rings. The van der Waals surface area contributed by atoms with Crippen LogP contribution >= 0.6 is 15.9 Å². The number of halogens is 1. The van der Waals surface area contributed by atoms with Crippen molar-refractivity contribution in [3.63, 3.8) is 0 Å². The maximum atomic E-state index is 9.16. The molecule has 2 nitrogen and oxygen atoms in total. The molecule has 0 atom stereocenters. The Bertz CT molecular complexity index is 718. The third-order valence-corrected chi connectivity index (χ3v) is 4.09. The van der Waals surface area contributed by atoms with Gasteiger partial charge in [0.25, 0.3) is 0 Å². The van der Waals surface area contributed by atoms with Gasteiger partial charge in [-0.15, -0.1) is 0 Å². The first-order valence-electron chi connectivity index (χ1n) is 6.20. The van der Waals surface area contributed by atoms with Gasteiger partial charge >= 0.3 is 0 Å². The average molecular weight is 316 g/mol. The molecule has 0 aliphatic heterocycles. The second-order valence-corrected chi connectivity index (χ2v) is 5.44. The predicted molar refractivity (Wildman–Crippen MR) is 81.1 cm³/mol. The molecule has 0 unspecified atom stereocenters. The van der Waals surface area contributed by atoms with E-state index in [0.29, 0.717) is 0 Å². The summed E-state index contributed by atoms with van der Waals surface area (Å²) in [7, 11) is 0. The summed E-state index contributed by atoms with van der Waals surface area (Å²) in [5.41, 5.74) is 3.39. The van der Waals surface area contributed by atoms with E-state index < -0.39 is 0 Å². The van der Waals surface area contributed by atoms with E-state index in [1.54, 1.807) is 0 Å². The van der Waals surface area contributed by atoms with Gasteiger partial charge in [-0.1, -0.05) is 40.2 Å². The Hall–Kier alpha value is -1.58. The molecule has 0 amide bonds. The first-order chi connectivity index (χ1) is 9.28. The number of hydrogen-bond acceptors (Lipinski definition) is 1. The van der Waals surface area contributed by atoms with Crippen LogP contribution in [-0.4, -0.2) is 9.67 Å². The molecular weight excluding hydrogens is 302 g/mol. The topological polar surface area (TPSA) is 25.2 Å². The highest BCUT2D eigenvalue weighted by molar-refractivity contribution is 9.10. The van der Waals surface area contributed by atoms with Crippen LogP contribution in [0.1, 0.15) is 11.1 Å². The van der Waals surface area contributed by atoms with Gasteiger partial charge in [-0.25, -0.2) is 0 Å². The van der Waals surface area contributed by atoms with Crippen LogP contribution in [0.15, 0.2) is 59.2 Å². The lowest BCUT2D eigenvalue weighted by atomic mass is 10.1. The van der Waals surface area contributed by atoms with Crippen LogP contribution in [-0.2, 0) is 13.2 Å². The van der Waals surface area contributed by atoms with Gasteiger partial charge in [0.2, 0.25) is 0 Å². The number of benzene rings is 2. The number of nitrogens with zero attached hydrogens (tertiary/aromatic N) is 1. The highest BCUT2D eigenvalue weighted by atomic mass is 79.9. The van der Waals surface area contributed by atoms with E-state index >= 15 is 0 Å². The minimum Gasteiger partial charge on any atom is -0.392 e. The Morgan fingerprint density at radius 1 is 1.05 bits per heavy atom. The molecule has 19 heavy (non-hydrogen) atoms. The normalized spacial score (nSPS) is 11.1. The lowest BCUT2D eigenvalue weighted by Crippen LogP contribution is -1.98. The Morgan fingerprint density at radius 3 is 2.68 bits per heavy atom. The quantitative estimate of drug-likeness (QED) is 0.778. The SMILES string of the molecule is OCc1ccc2c(ccn2Cc2ccccc2Br)c1. The molecule has 1 aromatic heterocycles. The monoisotopic (exact) mass is 315 g/mol. The molecule has 0 fully saturated rings. The van der Waals surface area contributed by atoms with Crippen LogP contribution in [0.25, 0.3) is 10.9 Å². The van der Waals surface area contributed by atoms with Crippen LogP contribution < -0.4 is 0 Å². The number of fused-ring (bicyclic) bond motifs is 1. The molecule has 3 aromatic rings. The van der Waals surface area contributed by atoms with Gasteiger partial charge < -0.3 is 9.67 Å². The maximum Gasteiger partial charge on any atom is 0.0682 e. The second kappa shape index (κ2) is 5.19. The summed E-state index contributed by atoms with van der Waals surface area (Å²) in [6.45, 7) is 0.925. The van der Waals surface area contributed by atoms with Crippen LogP contribution in [0.2, 0.25) is 0 Å². The van der Waals surface area contributed by atoms with E-state index in [2.05, 4.69) is 57.0 Å². The summed E-state index contributed by atoms with van der Waals surface area (Å²) in [6, 6.07) is 16.4. The summed E-state index contributed by atoms with van der Waals surface area (Å²) in [4.78, 5) is 0. The van der Waals surface area contributed by atoms with E-state index in [4.69, 9.17) is 5.11 Å². The van der Waals surface area contributed by atoms with Crippen molar-refractivity contribution in [3.05, 3.63) is 70.3 Å². The molecule has 96 valence electrons. The zero-order chi connectivity index (χ0) is 13.2. The van der Waals surface area contributed by atoms with Crippen molar-refractivity contribution in [2.45, 2.75) is 13.2 Å². The van der Waals surface area contributed by atoms with E-state index in [-0.39, 0.29) is 6.61 Å². The van der Waals surface area contributed by atoms with Crippen molar-refractivity contribution >= 4 is 26.8 Å². The zero-order valence-electron chi connectivity index (χ0n) is 10.4. The third kappa shape index (κ3) is 2.44. The number of aliphatic hydroxyl groups excluding tert-OH is 1. The Balaban J connectivity index is 2.00. The van der Waals surface area contributed by atoms with Crippen molar-refractivity contribution in [2.75, 3.05) is 0 Å². The molecule has 1 N–H and O–H groups in total. The van der Waals surface area contributed by atoms with E-state index in [0.717, 1.165) is 16.6 Å². The smallest absolute Gasteiger partial charge is 0.0682 e. The van der Waals surface area contributed by atoms with Crippen LogP contribution in [0.3, 0.4) is 0 Å². The molecule has 0 aliphatic carbocycles. The van der Waals surface area contributed by atoms with Crippen LogP contribution in [0, 0.1) is 0 Å². The molecule has 0 saturated heterocycles. The fourth-order valence-electron chi connectivity index (χ4n) is 2.30. The molecule has 3 heteroatoms. The molecule has 0 bridgehead atoms. The molecule has 2 aromatic carbocycles. The van der Waals surface area contributed by atoms with Gasteiger partial charge in [-0.3, -0.25) is 0 Å². The van der Waals surface area contributed by atoms with Crippen molar-refractivity contribution in [1.82, 2.24) is 4.57 Å². The van der Waals surface area contributed by atoms with E-state index in [9.17, 15) is 0 Å². The fourth-order valence-corrected chi connectivity index (χ4v) is 2.71. The minimum atomic E-state index is 0.0886. The van der Waals surface area contributed by atoms with Gasteiger partial charge in [0.15, 0.2) is 0 Å². The van der Waals surface area contributed by atoms with Gasteiger partial charge in [-0.2, -0.15) is 0 Å². The zero-order valence-corrected chi connectivity index (χ0v) is 12.0. The number of aliphatic hydroxyl groups is 1. The second-order valence-electron chi connectivity index (χ2n) is 4.59. The van der Waals surface area contributed by atoms with E-state index in [1.807, 2.05) is 18.2 Å². The number of aromatic nitrogens is 1. The van der Waals surface area contributed by atoms with Crippen LogP contribution in [0.4, 0.5) is 0 Å². The minimum absolute atomic E-state index is 0.0886. The summed E-state index contributed by atoms with van der Waals surface area (Å²) in [5.74, 6) is 0. The van der Waals surface area contributed by atoms with Crippen molar-refractivity contribution in [3.8, 4) is 0 Å². The Morgan fingerprint density at radius 2 is 1.89 bits per heavy atom. The standard InChI is InChI=1S/C16H14BrNO/c17-15-4-2-1-3-14(15)10-18-8-7-13-9-12(11-19)5-6-16(13)18/h1-9,19H,10-11H2. The van der Waals surface area contributed by atoms with Gasteiger partial charge in [0.1, 0.15) is 0 Å². The molecule has 3 rings (SSSR count). The average Bonchev–Trinajstić information content (AvgIpc) is 2.83. The first kappa shape index (κ1) is 12.5. The third-order valence-electron chi connectivity index (χ3n) is 3.32. The van der Waals surface area contributed by atoms with Crippen molar-refractivity contribution in [1.29, 1.82) is 0 Å². The van der Waals surface area contributed by atoms with Crippen LogP contribution in [0.5, 0.6) is 0 Å². The predicted octanol–water partition coefficient (Wildman–Crippen LogP) is 3.94. The fraction of sp³-hybridized carbons (Fsp3) is 0.125. The molecular formula is C16H14BrNO. The molecule has 1 heterocycles. The Labute approximate surface area is 120 Å². The highest BCUT2D eigenvalue weighted by Crippen LogP contribution is 2.22. The molecule has 0 saturated carbocycles. The highest BCUT2D eigenvalue weighted by Gasteiger charge is 2.04. The summed E-state index contributed by atoms with van der Waals surface area (Å²) in [6.07, 6.45) is 2.09. The molecule has 0 radical (unpaired) electrons. The number of hydrogen-bond donors (Lipinski definition) is 1. The van der Waals surface area contributed by atoms with E-state index in [1.165, 1.54) is 16.5 Å².